The number of aromatic amines is 1. The van der Waals surface area contributed by atoms with Crippen LogP contribution in [0.5, 0.6) is 34.5 Å². The Morgan fingerprint density at radius 3 is 2.66 bits per heavy atom. The van der Waals surface area contributed by atoms with E-state index in [9.17, 15) is 20.3 Å². The number of likely N-dealkylation sites (N-methyl/N-ethyl adjacent to an activating group) is 2. The summed E-state index contributed by atoms with van der Waals surface area (Å²) < 4.78 is 31.0. The Morgan fingerprint density at radius 2 is 1.90 bits per heavy atom. The fraction of sp³-hybridized carbons (Fsp3) is 0.465. The third-order valence-electron chi connectivity index (χ3n) is 13.6. The number of aromatic nitrogens is 1. The average Bonchev–Trinajstić information content (AvgIpc) is 3.82. The molecule has 4 aromatic rings. The zero-order valence-corrected chi connectivity index (χ0v) is 34.0. The lowest BCUT2D eigenvalue weighted by molar-refractivity contribution is -0.137. The summed E-state index contributed by atoms with van der Waals surface area (Å²) in [5, 5.41) is 34.3. The third kappa shape index (κ3) is 4.92. The molecule has 2 saturated heterocycles. The number of ketones is 1. The van der Waals surface area contributed by atoms with E-state index in [2.05, 4.69) is 31.8 Å². The Kier molecular flexibility index (Phi) is 8.53. The lowest BCUT2D eigenvalue weighted by atomic mass is 9.71. The number of nitrogens with zero attached hydrogens (tertiary/aromatic N) is 4. The zero-order chi connectivity index (χ0) is 40.5. The van der Waals surface area contributed by atoms with Crippen molar-refractivity contribution in [2.75, 3.05) is 53.5 Å². The summed E-state index contributed by atoms with van der Waals surface area (Å²) in [4.78, 5) is 38.3. The predicted molar refractivity (Wildman–Crippen MR) is 213 cm³/mol. The standard InChI is InChI=1S/C43H45N5O9S/c1-19-11-22-12-27-28(14-44)48-29-15-54-16-30(51)43(42-24(9-10-46(43)4)25-13-23(50)7-8-26(25)45-42)17-58-41(35(48)34(47(27)5)31(22)36(52)37(19)53-6)33-32(29)40-39(55-18-56-40)20(2)38(33)57-21(3)49/h7-8,11,13,27-29,34-35,41,45,50,52H,9-10,12,15-18H2,1-6H3/t27-,28-,29+,34+,35?,41+,43-/m0/s1. The number of methoxy groups -OCH3 is 1. The van der Waals surface area contributed by atoms with Crippen LogP contribution >= 0.6 is 11.8 Å². The molecule has 3 N–H and O–H groups in total. The SMILES string of the molecule is COc1c(C)cc2c(c1O)[C@@H]1C3[C@@H]4SC[C@]5(C(=O)COC[C@H](c6c7c(c(C)c(OC(C)=O)c64)OCO7)N3[C@@H](C#N)[C@H](C2)N1C)c1[nH]c2ccc(O)cc2c1CCN5C. The Labute approximate surface area is 339 Å². The molecule has 15 heteroatoms. The number of ether oxygens (including phenoxy) is 5. The number of aryl methyl sites for hydroxylation is 1. The topological polar surface area (TPSA) is 170 Å². The van der Waals surface area contributed by atoms with Gasteiger partial charge in [-0.25, -0.2) is 0 Å². The number of H-pyrrole nitrogens is 1. The monoisotopic (exact) mass is 807 g/mol. The number of Topliss-reactive ketones (excluding diaryl/α,β-unsaturated/α-hetero) is 1. The number of benzene rings is 3. The van der Waals surface area contributed by atoms with Gasteiger partial charge in [-0.15, -0.1) is 11.8 Å². The van der Waals surface area contributed by atoms with Gasteiger partial charge in [0.25, 0.3) is 0 Å². The number of carbonyl (C=O) groups excluding carboxylic acids is 2. The highest BCUT2D eigenvalue weighted by Gasteiger charge is 2.61. The lowest BCUT2D eigenvalue weighted by Gasteiger charge is -2.61. The van der Waals surface area contributed by atoms with Gasteiger partial charge in [0.05, 0.1) is 37.1 Å². The normalized spacial score (nSPS) is 28.9. The molecule has 2 fully saturated rings. The second-order valence-corrected chi connectivity index (χ2v) is 17.5. The van der Waals surface area contributed by atoms with Gasteiger partial charge in [0.1, 0.15) is 29.7 Å². The lowest BCUT2D eigenvalue weighted by Crippen LogP contribution is -2.69. The second kappa shape index (κ2) is 13.3. The van der Waals surface area contributed by atoms with Crippen molar-refractivity contribution < 1.29 is 43.5 Å². The van der Waals surface area contributed by atoms with Gasteiger partial charge in [0.15, 0.2) is 28.8 Å². The molecule has 7 aliphatic heterocycles. The second-order valence-electron chi connectivity index (χ2n) is 16.4. The van der Waals surface area contributed by atoms with Crippen LogP contribution in [0.1, 0.15) is 68.9 Å². The maximum atomic E-state index is 15.1. The number of aromatic hydroxyl groups is 2. The summed E-state index contributed by atoms with van der Waals surface area (Å²) in [6.45, 7) is 5.46. The Balaban J connectivity index is 1.27. The zero-order valence-electron chi connectivity index (χ0n) is 33.2. The fourth-order valence-electron chi connectivity index (χ4n) is 11.2. The van der Waals surface area contributed by atoms with Gasteiger partial charge in [-0.1, -0.05) is 6.07 Å². The average molecular weight is 808 g/mol. The largest absolute Gasteiger partial charge is 0.508 e. The molecule has 0 saturated carbocycles. The van der Waals surface area contributed by atoms with Crippen molar-refractivity contribution in [2.24, 2.45) is 0 Å². The van der Waals surface area contributed by atoms with Crippen LogP contribution < -0.4 is 18.9 Å². The highest BCUT2D eigenvalue weighted by atomic mass is 32.2. The van der Waals surface area contributed by atoms with Gasteiger partial charge in [0.2, 0.25) is 6.79 Å². The van der Waals surface area contributed by atoms with Crippen molar-refractivity contribution in [2.45, 2.75) is 74.6 Å². The summed E-state index contributed by atoms with van der Waals surface area (Å²) in [7, 11) is 5.52. The van der Waals surface area contributed by atoms with Gasteiger partial charge < -0.3 is 38.9 Å². The Morgan fingerprint density at radius 1 is 1.10 bits per heavy atom. The van der Waals surface area contributed by atoms with E-state index in [1.54, 1.807) is 31.0 Å². The molecule has 1 spiro atoms. The number of rotatable bonds is 2. The summed E-state index contributed by atoms with van der Waals surface area (Å²) in [5.41, 5.74) is 5.85. The van der Waals surface area contributed by atoms with E-state index in [0.29, 0.717) is 53.5 Å². The van der Waals surface area contributed by atoms with Crippen LogP contribution in [-0.2, 0) is 32.7 Å². The summed E-state index contributed by atoms with van der Waals surface area (Å²) in [6, 6.07) is 7.41. The molecular formula is C43H45N5O9S. The highest BCUT2D eigenvalue weighted by Crippen LogP contribution is 2.64. The molecule has 4 bridgehead atoms. The molecule has 0 amide bonds. The van der Waals surface area contributed by atoms with Crippen LogP contribution in [0.15, 0.2) is 24.3 Å². The van der Waals surface area contributed by atoms with Gasteiger partial charge in [0, 0.05) is 70.2 Å². The molecule has 3 aromatic carbocycles. The molecule has 8 heterocycles. The van der Waals surface area contributed by atoms with Crippen LogP contribution in [0.4, 0.5) is 0 Å². The molecule has 11 rings (SSSR count). The van der Waals surface area contributed by atoms with E-state index in [-0.39, 0.29) is 49.1 Å². The van der Waals surface area contributed by atoms with Crippen molar-refractivity contribution in [3.8, 4) is 40.6 Å². The first-order chi connectivity index (χ1) is 27.9. The van der Waals surface area contributed by atoms with Crippen LogP contribution in [0, 0.1) is 25.2 Å². The van der Waals surface area contributed by atoms with Crippen LogP contribution in [0.3, 0.4) is 0 Å². The van der Waals surface area contributed by atoms with Gasteiger partial charge in [-0.2, -0.15) is 5.26 Å². The summed E-state index contributed by atoms with van der Waals surface area (Å²) in [5.74, 6) is 1.54. The van der Waals surface area contributed by atoms with Gasteiger partial charge in [-0.3, -0.25) is 24.3 Å². The Bertz CT molecular complexity index is 2500. The van der Waals surface area contributed by atoms with E-state index in [4.69, 9.17) is 23.7 Å². The van der Waals surface area contributed by atoms with Crippen LogP contribution in [-0.4, -0.2) is 113 Å². The molecule has 7 atom stereocenters. The third-order valence-corrected chi connectivity index (χ3v) is 15.1. The number of hydrogen-bond donors (Lipinski definition) is 3. The van der Waals surface area contributed by atoms with E-state index in [0.717, 1.165) is 44.4 Å². The van der Waals surface area contributed by atoms with Crippen molar-refractivity contribution in [3.05, 3.63) is 68.9 Å². The number of thioether (sulfide) groups is 1. The summed E-state index contributed by atoms with van der Waals surface area (Å²) >= 11 is 1.57. The summed E-state index contributed by atoms with van der Waals surface area (Å²) in [6.07, 6.45) is 1.17. The smallest absolute Gasteiger partial charge is 0.308 e. The minimum Gasteiger partial charge on any atom is -0.508 e. The van der Waals surface area contributed by atoms with E-state index >= 15 is 4.79 Å². The van der Waals surface area contributed by atoms with E-state index in [1.165, 1.54) is 6.92 Å². The number of phenolic OH excluding ortho intramolecular Hbond substituents is 2. The maximum Gasteiger partial charge on any atom is 0.308 e. The predicted octanol–water partition coefficient (Wildman–Crippen LogP) is 4.84. The number of carbonyl (C=O) groups is 2. The molecule has 0 aliphatic carbocycles. The number of esters is 1. The maximum absolute atomic E-state index is 15.1. The number of phenols is 2. The molecule has 58 heavy (non-hydrogen) atoms. The molecular weight excluding hydrogens is 763 g/mol. The molecule has 7 aliphatic rings. The number of nitrogens with one attached hydrogen (secondary N) is 1. The molecule has 302 valence electrons. The first kappa shape index (κ1) is 37.3. The minimum atomic E-state index is -1.20. The van der Waals surface area contributed by atoms with E-state index < -0.39 is 40.9 Å². The fourth-order valence-corrected chi connectivity index (χ4v) is 13.0. The van der Waals surface area contributed by atoms with Gasteiger partial charge >= 0.3 is 5.97 Å². The minimum absolute atomic E-state index is 0.00954. The highest BCUT2D eigenvalue weighted by molar-refractivity contribution is 7.99. The molecule has 14 nitrogen and oxygen atoms in total. The number of piperazine rings is 1. The Hall–Kier alpha value is -4.98. The van der Waals surface area contributed by atoms with Crippen LogP contribution in [0.2, 0.25) is 0 Å². The quantitative estimate of drug-likeness (QED) is 0.186. The first-order valence-corrected chi connectivity index (χ1v) is 20.7. The first-order valence-electron chi connectivity index (χ1n) is 19.6. The molecule has 0 radical (unpaired) electrons. The number of nitriles is 1. The van der Waals surface area contributed by atoms with E-state index in [1.807, 2.05) is 34.0 Å². The van der Waals surface area contributed by atoms with Crippen molar-refractivity contribution in [3.63, 3.8) is 0 Å². The number of fused-ring (bicyclic) bond motifs is 12. The van der Waals surface area contributed by atoms with Crippen molar-refractivity contribution >= 4 is 34.4 Å². The molecule has 1 unspecified atom stereocenters. The van der Waals surface area contributed by atoms with Crippen molar-refractivity contribution in [1.29, 1.82) is 5.26 Å². The van der Waals surface area contributed by atoms with Gasteiger partial charge in [-0.05, 0) is 75.7 Å². The molecule has 1 aromatic heterocycles. The number of hydrogen-bond acceptors (Lipinski definition) is 14. The van der Waals surface area contributed by atoms with Crippen molar-refractivity contribution in [1.82, 2.24) is 19.7 Å². The van der Waals surface area contributed by atoms with Crippen LogP contribution in [0.25, 0.3) is 10.9 Å².